The highest BCUT2D eigenvalue weighted by molar-refractivity contribution is 7.98. The molecular formula is C74H80F8N8O4S2. The highest BCUT2D eigenvalue weighted by Crippen LogP contribution is 2.35. The number of carbonyl (C=O) groups is 2. The van der Waals surface area contributed by atoms with Crippen LogP contribution in [0.25, 0.3) is 22.3 Å². The molecule has 0 saturated carbocycles. The zero-order chi connectivity index (χ0) is 84.8. The Morgan fingerprint density at radius 3 is 1.48 bits per heavy atom. The molecule has 0 unspecified atom stereocenters. The lowest BCUT2D eigenvalue weighted by molar-refractivity contribution is -0.138. The van der Waals surface area contributed by atoms with Gasteiger partial charge in [-0.25, -0.2) is 8.78 Å². The molecule has 96 heavy (non-hydrogen) atoms. The molecule has 12 nitrogen and oxygen atoms in total. The van der Waals surface area contributed by atoms with Crippen LogP contribution in [-0.2, 0) is 85.2 Å². The second kappa shape index (κ2) is 32.9. The number of fused-ring (bicyclic) bond motifs is 2. The molecule has 0 atom stereocenters. The minimum Gasteiger partial charge on any atom is -0.336 e. The van der Waals surface area contributed by atoms with Crippen LogP contribution in [0.3, 0.4) is 0 Å². The predicted molar refractivity (Wildman–Crippen MR) is 363 cm³/mol. The number of nitrogens with zero attached hydrogens (tertiary/aromatic N) is 8. The average molecular weight is 1380 g/mol. The highest BCUT2D eigenvalue weighted by atomic mass is 32.2. The van der Waals surface area contributed by atoms with E-state index in [4.69, 9.17) is 16.4 Å². The fraction of sp³-hybridized carbons (Fsp3) is 0.378. The lowest BCUT2D eigenvalue weighted by atomic mass is 9.98. The molecule has 0 aliphatic heterocycles. The Kier molecular flexibility index (Phi) is 17.6. The van der Waals surface area contributed by atoms with E-state index in [1.807, 2.05) is 18.7 Å². The maximum atomic E-state index is 14.9. The largest absolute Gasteiger partial charge is 0.416 e. The molecule has 2 amide bonds. The quantitative estimate of drug-likeness (QED) is 0.0295. The van der Waals surface area contributed by atoms with E-state index in [-0.39, 0.29) is 109 Å². The van der Waals surface area contributed by atoms with Gasteiger partial charge in [-0.1, -0.05) is 136 Å². The van der Waals surface area contributed by atoms with Crippen LogP contribution in [0.15, 0.2) is 153 Å². The summed E-state index contributed by atoms with van der Waals surface area (Å²) in [5.41, 5.74) is -2.17. The van der Waals surface area contributed by atoms with Gasteiger partial charge in [-0.05, 0) is 183 Å². The standard InChI is InChI=1S/2C37H40F4N4O2S/c2*1-4-43(5-2)19-20-44(22-29-12-11-28(21-25(29)3)27-13-15-30(16-14-27)37(39,40)41)34(46)23-45-33-8-6-7-32(33)35(47)42-36(45)48-24-26-9-17-31(38)18-10-26/h2*9-18,21H,4-8,19-20,22-24H2,1-3H3/i4D2,5D2,11D,12D,19D2,20D2,21D,22D2;11D,12D,21D,23D2. The van der Waals surface area contributed by atoms with E-state index in [1.54, 1.807) is 12.1 Å². The van der Waals surface area contributed by atoms with Gasteiger partial charge in [0.25, 0.3) is 11.1 Å². The van der Waals surface area contributed by atoms with Gasteiger partial charge in [-0.3, -0.25) is 19.2 Å². The van der Waals surface area contributed by atoms with Gasteiger partial charge in [0.15, 0.2) is 10.3 Å². The second-order valence-electron chi connectivity index (χ2n) is 22.2. The molecule has 2 heterocycles. The number of alkyl halides is 6. The van der Waals surface area contributed by atoms with Crippen LogP contribution >= 0.6 is 23.5 Å². The van der Waals surface area contributed by atoms with Crippen LogP contribution in [0, 0.1) is 25.5 Å². The van der Waals surface area contributed by atoms with E-state index in [0.29, 0.717) is 93.7 Å². The Bertz CT molecular complexity index is 4980. The van der Waals surface area contributed by atoms with Gasteiger partial charge in [-0.15, -0.1) is 0 Å². The summed E-state index contributed by atoms with van der Waals surface area (Å²) in [5.74, 6) is -3.21. The van der Waals surface area contributed by atoms with Crippen molar-refractivity contribution in [1.29, 1.82) is 0 Å². The molecule has 0 radical (unpaired) electrons. The van der Waals surface area contributed by atoms with E-state index in [2.05, 4.69) is 9.97 Å². The molecule has 0 fully saturated rings. The van der Waals surface area contributed by atoms with Gasteiger partial charge in [0.2, 0.25) is 11.8 Å². The van der Waals surface area contributed by atoms with E-state index in [9.17, 15) is 62.5 Å². The van der Waals surface area contributed by atoms with Crippen molar-refractivity contribution in [2.24, 2.45) is 0 Å². The summed E-state index contributed by atoms with van der Waals surface area (Å²) in [6.07, 6.45) is -7.15. The van der Waals surface area contributed by atoms with Gasteiger partial charge < -0.3 is 28.7 Å². The number of hydrogen-bond acceptors (Lipinski definition) is 10. The molecule has 2 aromatic heterocycles. The average Bonchev–Trinajstić information content (AvgIpc) is 0.842. The predicted octanol–water partition coefficient (Wildman–Crippen LogP) is 15.1. The summed E-state index contributed by atoms with van der Waals surface area (Å²) in [4.78, 5) is 67.0. The fourth-order valence-electron chi connectivity index (χ4n) is 10.5. The molecule has 508 valence electrons. The molecule has 2 aliphatic rings. The Balaban J connectivity index is 0.000000264. The van der Waals surface area contributed by atoms with Crippen molar-refractivity contribution >= 4 is 35.3 Å². The van der Waals surface area contributed by atoms with Gasteiger partial charge in [0, 0.05) is 81.4 Å². The molecule has 0 N–H and O–H groups in total. The number of carbonyl (C=O) groups excluding carboxylic acids is 2. The fourth-order valence-corrected chi connectivity index (χ4v) is 12.4. The van der Waals surface area contributed by atoms with Crippen molar-refractivity contribution in [2.45, 2.75) is 140 Å². The second-order valence-corrected chi connectivity index (χ2v) is 24.1. The number of benzene rings is 6. The van der Waals surface area contributed by atoms with Crippen LogP contribution in [0.5, 0.6) is 0 Å². The van der Waals surface area contributed by atoms with Crippen molar-refractivity contribution in [3.63, 3.8) is 0 Å². The van der Waals surface area contributed by atoms with Crippen molar-refractivity contribution in [3.05, 3.63) is 233 Å². The normalized spacial score (nSPS) is 16.5. The zero-order valence-electron chi connectivity index (χ0n) is 71.2. The molecular weight excluding hydrogens is 1280 g/mol. The van der Waals surface area contributed by atoms with Crippen molar-refractivity contribution < 1.29 is 69.4 Å². The van der Waals surface area contributed by atoms with Crippen LogP contribution in [0.1, 0.15) is 132 Å². The number of likely N-dealkylation sites (N-methyl/N-ethyl adjacent to an activating group) is 2. The van der Waals surface area contributed by atoms with Gasteiger partial charge >= 0.3 is 12.4 Å². The first-order valence-electron chi connectivity index (χ1n) is 39.6. The SMILES string of the molecule is [2H]c1c([2H])c(-c2ccc(C(F)(F)F)cc2)c([2H])c(C)c1CN(CCN(CC)CC)C(=O)C([2H])([2H])n1c(SCc2ccc(F)cc2)nc(=O)c2c1CCC2.[2H]c1c([2H])c(C([2H])([2H])N(C(=O)Cn2c(SCc3ccc(F)cc3)nc(=O)c3c2CCC3)C([2H])([2H])C([2H])([2H])N(C([2H])([2H])C)C([2H])([2H])C)c(C)c([2H])c1-c1ccc(C(F)(F)F)cc1. The monoisotopic (exact) mass is 1380 g/mol. The molecule has 22 heteroatoms. The van der Waals surface area contributed by atoms with E-state index < -0.39 is 144 Å². The summed E-state index contributed by atoms with van der Waals surface area (Å²) in [6, 6.07) is 14.7. The van der Waals surface area contributed by atoms with E-state index >= 15 is 0 Å². The van der Waals surface area contributed by atoms with Crippen LogP contribution in [-0.4, -0.2) is 103 Å². The first-order chi connectivity index (χ1) is 52.8. The van der Waals surface area contributed by atoms with E-state index in [1.165, 1.54) is 57.4 Å². The molecule has 0 bridgehead atoms. The van der Waals surface area contributed by atoms with Crippen LogP contribution in [0.4, 0.5) is 35.1 Å². The summed E-state index contributed by atoms with van der Waals surface area (Å²) < 4.78 is 270. The maximum absolute atomic E-state index is 14.9. The smallest absolute Gasteiger partial charge is 0.336 e. The minimum atomic E-state index is -4.74. The third-order valence-electron chi connectivity index (χ3n) is 15.9. The van der Waals surface area contributed by atoms with Crippen LogP contribution < -0.4 is 11.1 Å². The Hall–Kier alpha value is -7.92. The minimum absolute atomic E-state index is 0.0119. The number of halogens is 8. The third kappa shape index (κ3) is 18.8. The Morgan fingerprint density at radius 2 is 1.01 bits per heavy atom. The maximum Gasteiger partial charge on any atom is 0.416 e. The molecule has 0 spiro atoms. The van der Waals surface area contributed by atoms with Crippen molar-refractivity contribution in [2.75, 3.05) is 52.2 Å². The molecule has 8 aromatic rings. The third-order valence-corrected chi connectivity index (χ3v) is 17.9. The summed E-state index contributed by atoms with van der Waals surface area (Å²) in [6.45, 7) is -12.4. The Labute approximate surface area is 589 Å². The van der Waals surface area contributed by atoms with Gasteiger partial charge in [0.05, 0.1) is 27.6 Å². The number of amides is 2. The zero-order valence-corrected chi connectivity index (χ0v) is 54.8. The summed E-state index contributed by atoms with van der Waals surface area (Å²) >= 11 is 1.98. The van der Waals surface area contributed by atoms with E-state index in [0.717, 1.165) is 66.8 Å². The first-order valence-corrected chi connectivity index (χ1v) is 32.5. The summed E-state index contributed by atoms with van der Waals surface area (Å²) in [7, 11) is 0. The van der Waals surface area contributed by atoms with Crippen LogP contribution in [0.2, 0.25) is 0 Å². The highest BCUT2D eigenvalue weighted by Gasteiger charge is 2.32. The van der Waals surface area contributed by atoms with Gasteiger partial charge in [0.1, 0.15) is 24.7 Å². The number of aromatic nitrogens is 4. The number of rotatable bonds is 26. The molecule has 6 aromatic carbocycles. The van der Waals surface area contributed by atoms with Crippen molar-refractivity contribution in [3.8, 4) is 22.3 Å². The van der Waals surface area contributed by atoms with Gasteiger partial charge in [-0.2, -0.15) is 36.3 Å². The van der Waals surface area contributed by atoms with Crippen molar-refractivity contribution in [1.82, 2.24) is 38.7 Å². The molecule has 10 rings (SSSR count). The summed E-state index contributed by atoms with van der Waals surface area (Å²) in [5, 5.41) is -0.119. The molecule has 2 aliphatic carbocycles. The number of hydrogen-bond donors (Lipinski definition) is 0. The lowest BCUT2D eigenvalue weighted by Gasteiger charge is -2.28. The first kappa shape index (κ1) is 51.3. The lowest BCUT2D eigenvalue weighted by Crippen LogP contribution is -2.40. The Morgan fingerprint density at radius 1 is 0.552 bits per heavy atom. The topological polar surface area (TPSA) is 117 Å². The number of thioether (sulfide) groups is 2. The molecule has 0 saturated heterocycles.